The molecule has 1 aromatic heterocycles. The molecule has 0 aliphatic carbocycles. The van der Waals surface area contributed by atoms with E-state index in [0.717, 1.165) is 17.9 Å². The summed E-state index contributed by atoms with van der Waals surface area (Å²) in [6, 6.07) is 7.42. The SMILES string of the molecule is CCNc1ccc(Cl)cc1NC=C(C#N)c1nn[nH]n1. The first-order valence-corrected chi connectivity index (χ1v) is 6.26. The van der Waals surface area contributed by atoms with Gasteiger partial charge in [-0.25, -0.2) is 0 Å². The normalized spacial score (nSPS) is 10.9. The van der Waals surface area contributed by atoms with Crippen molar-refractivity contribution in [2.24, 2.45) is 0 Å². The summed E-state index contributed by atoms with van der Waals surface area (Å²) in [5.41, 5.74) is 1.91. The topological polar surface area (TPSA) is 102 Å². The molecule has 0 saturated carbocycles. The van der Waals surface area contributed by atoms with Crippen molar-refractivity contribution in [1.82, 2.24) is 20.6 Å². The molecule has 0 radical (unpaired) electrons. The molecule has 0 unspecified atom stereocenters. The number of aromatic nitrogens is 4. The Morgan fingerprint density at radius 1 is 1.50 bits per heavy atom. The molecular formula is C12H12ClN7. The summed E-state index contributed by atoms with van der Waals surface area (Å²) in [7, 11) is 0. The highest BCUT2D eigenvalue weighted by Crippen LogP contribution is 2.26. The first-order chi connectivity index (χ1) is 9.74. The van der Waals surface area contributed by atoms with Crippen LogP contribution in [0.5, 0.6) is 0 Å². The summed E-state index contributed by atoms with van der Waals surface area (Å²) in [6.45, 7) is 2.77. The number of aromatic amines is 1. The lowest BCUT2D eigenvalue weighted by Crippen LogP contribution is -2.01. The zero-order chi connectivity index (χ0) is 14.4. The number of allylic oxidation sites excluding steroid dienone is 1. The second-order valence-corrected chi connectivity index (χ2v) is 4.21. The predicted octanol–water partition coefficient (Wildman–Crippen LogP) is 2.26. The fraction of sp³-hybridized carbons (Fsp3) is 0.167. The molecule has 2 rings (SSSR count). The highest BCUT2D eigenvalue weighted by molar-refractivity contribution is 6.31. The van der Waals surface area contributed by atoms with Gasteiger partial charge in [-0.2, -0.15) is 10.5 Å². The monoisotopic (exact) mass is 289 g/mol. The van der Waals surface area contributed by atoms with Gasteiger partial charge in [0.25, 0.3) is 0 Å². The molecule has 0 amide bonds. The molecule has 3 N–H and O–H groups in total. The van der Waals surface area contributed by atoms with E-state index in [0.29, 0.717) is 5.02 Å². The van der Waals surface area contributed by atoms with Gasteiger partial charge >= 0.3 is 0 Å². The molecule has 0 fully saturated rings. The molecule has 1 aromatic carbocycles. The van der Waals surface area contributed by atoms with Gasteiger partial charge in [-0.1, -0.05) is 11.6 Å². The van der Waals surface area contributed by atoms with Gasteiger partial charge in [0.1, 0.15) is 11.6 Å². The maximum Gasteiger partial charge on any atom is 0.216 e. The van der Waals surface area contributed by atoms with E-state index in [1.807, 2.05) is 19.1 Å². The predicted molar refractivity (Wildman–Crippen MR) is 77.0 cm³/mol. The van der Waals surface area contributed by atoms with Crippen LogP contribution in [0.25, 0.3) is 5.57 Å². The third kappa shape index (κ3) is 3.24. The second-order valence-electron chi connectivity index (χ2n) is 3.77. The number of benzene rings is 1. The number of halogens is 1. The van der Waals surface area contributed by atoms with Gasteiger partial charge in [-0.05, 0) is 30.3 Å². The third-order valence-electron chi connectivity index (χ3n) is 2.43. The second kappa shape index (κ2) is 6.54. The largest absolute Gasteiger partial charge is 0.384 e. The van der Waals surface area contributed by atoms with Crippen molar-refractivity contribution >= 4 is 28.5 Å². The van der Waals surface area contributed by atoms with E-state index in [1.165, 1.54) is 6.20 Å². The van der Waals surface area contributed by atoms with E-state index in [1.54, 1.807) is 12.1 Å². The molecule has 1 heterocycles. The molecular weight excluding hydrogens is 278 g/mol. The van der Waals surface area contributed by atoms with Crippen LogP contribution in [0.4, 0.5) is 11.4 Å². The van der Waals surface area contributed by atoms with Crippen LogP contribution in [0.15, 0.2) is 24.4 Å². The van der Waals surface area contributed by atoms with Crippen LogP contribution in [0, 0.1) is 11.3 Å². The number of hydrogen-bond acceptors (Lipinski definition) is 6. The molecule has 102 valence electrons. The molecule has 2 aromatic rings. The van der Waals surface area contributed by atoms with E-state index in [2.05, 4.69) is 31.3 Å². The summed E-state index contributed by atoms with van der Waals surface area (Å²) >= 11 is 5.97. The average molecular weight is 290 g/mol. The van der Waals surface area contributed by atoms with E-state index in [-0.39, 0.29) is 11.4 Å². The first-order valence-electron chi connectivity index (χ1n) is 5.88. The molecule has 0 aliphatic rings. The summed E-state index contributed by atoms with van der Waals surface area (Å²) in [5.74, 6) is 0.229. The number of anilines is 2. The molecule has 7 nitrogen and oxygen atoms in total. The molecule has 0 atom stereocenters. The number of nitriles is 1. The van der Waals surface area contributed by atoms with Gasteiger partial charge in [0, 0.05) is 17.8 Å². The quantitative estimate of drug-likeness (QED) is 0.730. The van der Waals surface area contributed by atoms with Gasteiger partial charge in [0.2, 0.25) is 5.82 Å². The lowest BCUT2D eigenvalue weighted by atomic mass is 10.2. The van der Waals surface area contributed by atoms with Gasteiger partial charge in [0.05, 0.1) is 11.4 Å². The number of hydrogen-bond donors (Lipinski definition) is 3. The Morgan fingerprint density at radius 3 is 3.00 bits per heavy atom. The van der Waals surface area contributed by atoms with Crippen molar-refractivity contribution < 1.29 is 0 Å². The van der Waals surface area contributed by atoms with Crippen molar-refractivity contribution in [2.45, 2.75) is 6.92 Å². The minimum absolute atomic E-state index is 0.229. The summed E-state index contributed by atoms with van der Waals surface area (Å²) in [6.07, 6.45) is 1.51. The van der Waals surface area contributed by atoms with Gasteiger partial charge in [0.15, 0.2) is 0 Å². The zero-order valence-corrected chi connectivity index (χ0v) is 11.4. The van der Waals surface area contributed by atoms with Gasteiger partial charge in [-0.3, -0.25) is 0 Å². The lowest BCUT2D eigenvalue weighted by molar-refractivity contribution is 0.881. The highest BCUT2D eigenvalue weighted by Gasteiger charge is 2.07. The van der Waals surface area contributed by atoms with Crippen LogP contribution in [0.2, 0.25) is 5.02 Å². The van der Waals surface area contributed by atoms with E-state index in [9.17, 15) is 0 Å². The molecule has 0 saturated heterocycles. The minimum atomic E-state index is 0.229. The summed E-state index contributed by atoms with van der Waals surface area (Å²) < 4.78 is 0. The van der Waals surface area contributed by atoms with Crippen LogP contribution in [0.3, 0.4) is 0 Å². The first kappa shape index (κ1) is 13.8. The maximum absolute atomic E-state index is 9.08. The number of rotatable bonds is 5. The number of nitrogens with one attached hydrogen (secondary N) is 3. The Balaban J connectivity index is 2.25. The fourth-order valence-corrected chi connectivity index (χ4v) is 1.73. The number of tetrazole rings is 1. The Kier molecular flexibility index (Phi) is 4.52. The average Bonchev–Trinajstić information content (AvgIpc) is 2.96. The summed E-state index contributed by atoms with van der Waals surface area (Å²) in [4.78, 5) is 0. The van der Waals surface area contributed by atoms with Crippen molar-refractivity contribution in [2.75, 3.05) is 17.2 Å². The lowest BCUT2D eigenvalue weighted by Gasteiger charge is -2.11. The van der Waals surface area contributed by atoms with E-state index in [4.69, 9.17) is 16.9 Å². The molecule has 8 heteroatoms. The highest BCUT2D eigenvalue weighted by atomic mass is 35.5. The molecule has 20 heavy (non-hydrogen) atoms. The van der Waals surface area contributed by atoms with Crippen LogP contribution in [-0.4, -0.2) is 27.2 Å². The Bertz CT molecular complexity index is 642. The van der Waals surface area contributed by atoms with Crippen molar-refractivity contribution in [3.8, 4) is 6.07 Å². The zero-order valence-electron chi connectivity index (χ0n) is 10.7. The van der Waals surface area contributed by atoms with Crippen molar-refractivity contribution in [3.63, 3.8) is 0 Å². The maximum atomic E-state index is 9.08. The van der Waals surface area contributed by atoms with E-state index >= 15 is 0 Å². The van der Waals surface area contributed by atoms with Crippen LogP contribution in [0.1, 0.15) is 12.7 Å². The summed E-state index contributed by atoms with van der Waals surface area (Å²) in [5, 5.41) is 29.1. The minimum Gasteiger partial charge on any atom is -0.384 e. The Morgan fingerprint density at radius 2 is 2.35 bits per heavy atom. The Labute approximate surface area is 120 Å². The van der Waals surface area contributed by atoms with E-state index < -0.39 is 0 Å². The van der Waals surface area contributed by atoms with Crippen molar-refractivity contribution in [1.29, 1.82) is 5.26 Å². The number of H-pyrrole nitrogens is 1. The van der Waals surface area contributed by atoms with Gasteiger partial charge in [-0.15, -0.1) is 10.2 Å². The molecule has 0 aliphatic heterocycles. The third-order valence-corrected chi connectivity index (χ3v) is 2.66. The fourth-order valence-electron chi connectivity index (χ4n) is 1.55. The van der Waals surface area contributed by atoms with Crippen LogP contribution < -0.4 is 10.6 Å². The molecule has 0 bridgehead atoms. The smallest absolute Gasteiger partial charge is 0.216 e. The molecule has 0 spiro atoms. The van der Waals surface area contributed by atoms with Crippen molar-refractivity contribution in [3.05, 3.63) is 35.2 Å². The number of nitrogens with zero attached hydrogens (tertiary/aromatic N) is 4. The standard InChI is InChI=1S/C12H12ClN7/c1-2-15-10-4-3-9(13)5-11(10)16-7-8(6-14)12-17-19-20-18-12/h3-5,7,15-16H,2H2,1H3,(H,17,18,19,20). The van der Waals surface area contributed by atoms with Gasteiger partial charge < -0.3 is 10.6 Å². The van der Waals surface area contributed by atoms with Crippen LogP contribution in [-0.2, 0) is 0 Å². The van der Waals surface area contributed by atoms with Crippen LogP contribution >= 0.6 is 11.6 Å². The Hall–Kier alpha value is -2.59.